The summed E-state index contributed by atoms with van der Waals surface area (Å²) in [5, 5.41) is 5.56. The van der Waals surface area contributed by atoms with Crippen LogP contribution in [0.2, 0.25) is 0 Å². The second-order valence-corrected chi connectivity index (χ2v) is 7.91. The maximum Gasteiger partial charge on any atom is 0.252 e. The summed E-state index contributed by atoms with van der Waals surface area (Å²) in [7, 11) is 0. The number of imidazole rings is 1. The number of carbonyl (C=O) groups is 1. The van der Waals surface area contributed by atoms with Crippen LogP contribution >= 0.6 is 11.3 Å². The molecule has 4 aromatic rings. The zero-order valence-corrected chi connectivity index (χ0v) is 16.7. The highest BCUT2D eigenvalue weighted by molar-refractivity contribution is 7.20. The summed E-state index contributed by atoms with van der Waals surface area (Å²) in [6.07, 6.45) is 5.04. The number of primary amides is 1. The third-order valence-electron chi connectivity index (χ3n) is 5.13. The lowest BCUT2D eigenvalue weighted by Gasteiger charge is -2.36. The number of nitrogens with two attached hydrogens (primary N) is 1. The molecule has 0 saturated carbocycles. The van der Waals surface area contributed by atoms with Crippen LogP contribution < -0.4 is 15.5 Å². The molecular formula is C20H18FN7OS. The standard InChI is InChI=1S/C20H18FN7OS/c21-14-3-1-13(2-4-14)16-12-28-19(24-16)30-20(25-28)27-9-7-26(8-10-27)17-5-6-23-11-15(17)18(22)29/h1-6,11-12H,7-10H2,(H2,22,29). The molecule has 1 fully saturated rings. The Balaban J connectivity index is 1.31. The lowest BCUT2D eigenvalue weighted by molar-refractivity contribution is 0.100. The normalized spacial score (nSPS) is 14.4. The number of carbonyl (C=O) groups excluding carboxylic acids is 1. The lowest BCUT2D eigenvalue weighted by atomic mass is 10.2. The van der Waals surface area contributed by atoms with E-state index >= 15 is 0 Å². The molecule has 8 nitrogen and oxygen atoms in total. The maximum absolute atomic E-state index is 13.1. The Morgan fingerprint density at radius 2 is 1.80 bits per heavy atom. The van der Waals surface area contributed by atoms with Crippen molar-refractivity contribution in [2.45, 2.75) is 0 Å². The summed E-state index contributed by atoms with van der Waals surface area (Å²) in [6.45, 7) is 3.02. The second kappa shape index (κ2) is 7.38. The molecule has 0 unspecified atom stereocenters. The van der Waals surface area contributed by atoms with Gasteiger partial charge in [0.15, 0.2) is 0 Å². The van der Waals surface area contributed by atoms with Crippen molar-refractivity contribution in [1.29, 1.82) is 0 Å². The minimum atomic E-state index is -0.473. The number of amides is 1. The van der Waals surface area contributed by atoms with Crippen molar-refractivity contribution in [1.82, 2.24) is 19.6 Å². The van der Waals surface area contributed by atoms with E-state index in [0.717, 1.165) is 53.2 Å². The van der Waals surface area contributed by atoms with Crippen LogP contribution in [0.5, 0.6) is 0 Å². The molecule has 1 saturated heterocycles. The molecule has 2 N–H and O–H groups in total. The largest absolute Gasteiger partial charge is 0.367 e. The first-order valence-corrected chi connectivity index (χ1v) is 10.3. The predicted molar refractivity (Wildman–Crippen MR) is 113 cm³/mol. The number of benzene rings is 1. The molecule has 3 aromatic heterocycles. The first-order chi connectivity index (χ1) is 14.6. The van der Waals surface area contributed by atoms with Crippen LogP contribution in [0.25, 0.3) is 16.2 Å². The molecule has 1 aromatic carbocycles. The fourth-order valence-electron chi connectivity index (χ4n) is 3.57. The number of rotatable bonds is 4. The van der Waals surface area contributed by atoms with Gasteiger partial charge in [-0.05, 0) is 30.3 Å². The Morgan fingerprint density at radius 1 is 1.07 bits per heavy atom. The summed E-state index contributed by atoms with van der Waals surface area (Å²) >= 11 is 1.52. The third kappa shape index (κ3) is 3.35. The second-order valence-electron chi connectivity index (χ2n) is 6.98. The number of pyridine rings is 1. The topological polar surface area (TPSA) is 92.7 Å². The number of fused-ring (bicyclic) bond motifs is 1. The minimum absolute atomic E-state index is 0.269. The molecule has 1 amide bonds. The van der Waals surface area contributed by atoms with E-state index in [4.69, 9.17) is 5.73 Å². The van der Waals surface area contributed by atoms with Gasteiger partial charge in [-0.25, -0.2) is 13.9 Å². The highest BCUT2D eigenvalue weighted by Gasteiger charge is 2.23. The number of aromatic nitrogens is 4. The van der Waals surface area contributed by atoms with E-state index in [-0.39, 0.29) is 5.82 Å². The molecule has 0 atom stereocenters. The number of nitrogens with zero attached hydrogens (tertiary/aromatic N) is 6. The van der Waals surface area contributed by atoms with Crippen LogP contribution in [0.4, 0.5) is 15.2 Å². The average Bonchev–Trinajstić information content (AvgIpc) is 3.34. The van der Waals surface area contributed by atoms with Gasteiger partial charge in [-0.15, -0.1) is 5.10 Å². The average molecular weight is 423 g/mol. The zero-order chi connectivity index (χ0) is 20.7. The zero-order valence-electron chi connectivity index (χ0n) is 15.9. The summed E-state index contributed by atoms with van der Waals surface area (Å²) in [4.78, 5) is 25.4. The van der Waals surface area contributed by atoms with Gasteiger partial charge in [0.2, 0.25) is 10.1 Å². The van der Waals surface area contributed by atoms with E-state index in [2.05, 4.69) is 24.9 Å². The Kier molecular flexibility index (Phi) is 4.55. The SMILES string of the molecule is NC(=O)c1cnccc1N1CCN(c2nn3cc(-c4ccc(F)cc4)nc3s2)CC1. The van der Waals surface area contributed by atoms with Crippen molar-refractivity contribution in [3.8, 4) is 11.3 Å². The number of anilines is 2. The van der Waals surface area contributed by atoms with Crippen LogP contribution in [0.15, 0.2) is 48.9 Å². The summed E-state index contributed by atoms with van der Waals surface area (Å²) in [5.74, 6) is -0.743. The van der Waals surface area contributed by atoms with Crippen molar-refractivity contribution in [3.05, 3.63) is 60.3 Å². The highest BCUT2D eigenvalue weighted by atomic mass is 32.1. The quantitative estimate of drug-likeness (QED) is 0.542. The third-order valence-corrected chi connectivity index (χ3v) is 6.11. The Hall–Kier alpha value is -3.53. The van der Waals surface area contributed by atoms with Crippen LogP contribution in [-0.4, -0.2) is 51.7 Å². The van der Waals surface area contributed by atoms with Crippen LogP contribution in [0.3, 0.4) is 0 Å². The predicted octanol–water partition coefficient (Wildman–Crippen LogP) is 2.42. The fourth-order valence-corrected chi connectivity index (χ4v) is 4.50. The van der Waals surface area contributed by atoms with Gasteiger partial charge in [0.05, 0.1) is 23.1 Å². The maximum atomic E-state index is 13.1. The molecule has 30 heavy (non-hydrogen) atoms. The molecule has 0 aliphatic carbocycles. The molecule has 1 aliphatic rings. The van der Waals surface area contributed by atoms with Crippen LogP contribution in [0.1, 0.15) is 10.4 Å². The van der Waals surface area contributed by atoms with Crippen molar-refractivity contribution in [2.24, 2.45) is 5.73 Å². The summed E-state index contributed by atoms with van der Waals surface area (Å²) in [6, 6.07) is 8.09. The smallest absolute Gasteiger partial charge is 0.252 e. The van der Waals surface area contributed by atoms with Crippen LogP contribution in [-0.2, 0) is 0 Å². The first-order valence-electron chi connectivity index (χ1n) is 9.44. The molecule has 4 heterocycles. The van der Waals surface area contributed by atoms with E-state index in [1.54, 1.807) is 22.8 Å². The molecule has 0 spiro atoms. The lowest BCUT2D eigenvalue weighted by Crippen LogP contribution is -2.47. The van der Waals surface area contributed by atoms with Crippen molar-refractivity contribution >= 4 is 33.0 Å². The van der Waals surface area contributed by atoms with E-state index in [0.29, 0.717) is 5.56 Å². The van der Waals surface area contributed by atoms with Crippen molar-refractivity contribution in [2.75, 3.05) is 36.0 Å². The molecule has 5 rings (SSSR count). The van der Waals surface area contributed by atoms with E-state index in [1.807, 2.05) is 12.3 Å². The number of hydrogen-bond donors (Lipinski definition) is 1. The van der Waals surface area contributed by atoms with E-state index in [9.17, 15) is 9.18 Å². The fraction of sp³-hybridized carbons (Fsp3) is 0.200. The molecule has 0 radical (unpaired) electrons. The number of hydrogen-bond acceptors (Lipinski definition) is 7. The Morgan fingerprint density at radius 3 is 2.50 bits per heavy atom. The summed E-state index contributed by atoms with van der Waals surface area (Å²) < 4.78 is 14.9. The molecule has 10 heteroatoms. The van der Waals surface area contributed by atoms with Crippen LogP contribution in [0, 0.1) is 5.82 Å². The van der Waals surface area contributed by atoms with Gasteiger partial charge in [-0.2, -0.15) is 0 Å². The monoisotopic (exact) mass is 423 g/mol. The van der Waals surface area contributed by atoms with E-state index in [1.165, 1.54) is 29.7 Å². The summed E-state index contributed by atoms with van der Waals surface area (Å²) in [5.41, 5.74) is 8.35. The first kappa shape index (κ1) is 18.5. The van der Waals surface area contributed by atoms with Crippen molar-refractivity contribution in [3.63, 3.8) is 0 Å². The highest BCUT2D eigenvalue weighted by Crippen LogP contribution is 2.28. The molecular weight excluding hydrogens is 405 g/mol. The number of piperazine rings is 1. The van der Waals surface area contributed by atoms with Gasteiger partial charge in [-0.3, -0.25) is 9.78 Å². The molecule has 0 bridgehead atoms. The van der Waals surface area contributed by atoms with Gasteiger partial charge in [0, 0.05) is 44.1 Å². The van der Waals surface area contributed by atoms with Gasteiger partial charge in [-0.1, -0.05) is 11.3 Å². The Bertz CT molecular complexity index is 1180. The van der Waals surface area contributed by atoms with E-state index < -0.39 is 5.91 Å². The number of halogens is 1. The molecule has 1 aliphatic heterocycles. The Labute approximate surface area is 175 Å². The van der Waals surface area contributed by atoms with Gasteiger partial charge < -0.3 is 15.5 Å². The van der Waals surface area contributed by atoms with Crippen molar-refractivity contribution < 1.29 is 9.18 Å². The van der Waals surface area contributed by atoms with Gasteiger partial charge >= 0.3 is 0 Å². The van der Waals surface area contributed by atoms with Gasteiger partial charge in [0.1, 0.15) is 5.82 Å². The minimum Gasteiger partial charge on any atom is -0.367 e. The van der Waals surface area contributed by atoms with Gasteiger partial charge in [0.25, 0.3) is 5.91 Å². The molecule has 152 valence electrons.